The molecule has 2 atom stereocenters. The molecule has 0 aliphatic heterocycles. The summed E-state index contributed by atoms with van der Waals surface area (Å²) in [7, 11) is 0. The van der Waals surface area contributed by atoms with Crippen LogP contribution in [-0.4, -0.2) is 22.9 Å². The van der Waals surface area contributed by atoms with Gasteiger partial charge in [0.15, 0.2) is 0 Å². The molecule has 0 aliphatic rings. The van der Waals surface area contributed by atoms with Crippen LogP contribution in [0.2, 0.25) is 0 Å². The number of aliphatic hydroxyl groups is 2. The first-order valence-corrected chi connectivity index (χ1v) is 5.62. The highest BCUT2D eigenvalue weighted by Crippen LogP contribution is 2.09. The summed E-state index contributed by atoms with van der Waals surface area (Å²) in [6.07, 6.45) is 13.8. The Kier molecular flexibility index (Phi) is 9.67. The number of allylic oxidation sites excluding steroid dienone is 5. The highest BCUT2D eigenvalue weighted by molar-refractivity contribution is 5.12. The molecular formula is C14H22O2. The fraction of sp³-hybridized carbons (Fsp3) is 0.429. The summed E-state index contributed by atoms with van der Waals surface area (Å²) in [5.74, 6) is 0.450. The van der Waals surface area contributed by atoms with E-state index in [-0.39, 0.29) is 6.61 Å². The Balaban J connectivity index is 3.73. The third-order valence-electron chi connectivity index (χ3n) is 2.23. The highest BCUT2D eigenvalue weighted by Gasteiger charge is 2.01. The van der Waals surface area contributed by atoms with Crippen molar-refractivity contribution in [3.63, 3.8) is 0 Å². The first-order valence-electron chi connectivity index (χ1n) is 5.62. The molecule has 0 bridgehead atoms. The number of aliphatic hydroxyl groups excluding tert-OH is 2. The van der Waals surface area contributed by atoms with Crippen LogP contribution in [0.4, 0.5) is 0 Å². The summed E-state index contributed by atoms with van der Waals surface area (Å²) in [4.78, 5) is 0. The maximum Gasteiger partial charge on any atom is 0.0724 e. The molecule has 0 heterocycles. The fourth-order valence-electron chi connectivity index (χ4n) is 1.11. The molecule has 0 saturated carbocycles. The minimum Gasteiger partial charge on any atom is -0.392 e. The van der Waals surface area contributed by atoms with E-state index in [2.05, 4.69) is 13.5 Å². The van der Waals surface area contributed by atoms with Gasteiger partial charge in [-0.1, -0.05) is 49.5 Å². The van der Waals surface area contributed by atoms with Crippen LogP contribution >= 0.6 is 0 Å². The van der Waals surface area contributed by atoms with Crippen molar-refractivity contribution in [2.45, 2.75) is 25.9 Å². The Hall–Kier alpha value is -1.12. The van der Waals surface area contributed by atoms with Gasteiger partial charge in [0.1, 0.15) is 0 Å². The molecule has 0 saturated heterocycles. The van der Waals surface area contributed by atoms with Crippen molar-refractivity contribution in [3.05, 3.63) is 49.1 Å². The molecule has 0 rings (SSSR count). The van der Waals surface area contributed by atoms with Crippen LogP contribution in [0.3, 0.4) is 0 Å². The molecule has 2 heteroatoms. The molecule has 0 amide bonds. The zero-order valence-corrected chi connectivity index (χ0v) is 9.92. The molecule has 0 fully saturated rings. The van der Waals surface area contributed by atoms with E-state index >= 15 is 0 Å². The van der Waals surface area contributed by atoms with E-state index in [1.54, 1.807) is 18.2 Å². The number of hydrogen-bond donors (Lipinski definition) is 2. The van der Waals surface area contributed by atoms with Crippen LogP contribution in [0.5, 0.6) is 0 Å². The second-order valence-electron chi connectivity index (χ2n) is 3.74. The van der Waals surface area contributed by atoms with E-state index in [0.717, 1.165) is 12.8 Å². The van der Waals surface area contributed by atoms with Gasteiger partial charge in [-0.2, -0.15) is 0 Å². The summed E-state index contributed by atoms with van der Waals surface area (Å²) >= 11 is 0. The lowest BCUT2D eigenvalue weighted by Gasteiger charge is -2.07. The summed E-state index contributed by atoms with van der Waals surface area (Å²) < 4.78 is 0. The minimum absolute atomic E-state index is 0.0517. The average Bonchev–Trinajstić information content (AvgIpc) is 2.30. The van der Waals surface area contributed by atoms with E-state index in [1.165, 1.54) is 0 Å². The van der Waals surface area contributed by atoms with E-state index < -0.39 is 6.10 Å². The van der Waals surface area contributed by atoms with Gasteiger partial charge in [-0.15, -0.1) is 6.58 Å². The quantitative estimate of drug-likeness (QED) is 0.489. The fourth-order valence-corrected chi connectivity index (χ4v) is 1.11. The molecule has 0 aromatic heterocycles. The molecule has 0 aromatic rings. The molecule has 0 aromatic carbocycles. The topological polar surface area (TPSA) is 40.5 Å². The summed E-state index contributed by atoms with van der Waals surface area (Å²) in [5.41, 5.74) is 0. The van der Waals surface area contributed by atoms with Crippen LogP contribution < -0.4 is 0 Å². The van der Waals surface area contributed by atoms with Crippen molar-refractivity contribution in [2.24, 2.45) is 5.92 Å². The third kappa shape index (κ3) is 9.44. The summed E-state index contributed by atoms with van der Waals surface area (Å²) in [5, 5.41) is 18.1. The number of rotatable bonds is 8. The molecule has 0 aliphatic carbocycles. The smallest absolute Gasteiger partial charge is 0.0724 e. The third-order valence-corrected chi connectivity index (χ3v) is 2.23. The summed E-state index contributed by atoms with van der Waals surface area (Å²) in [6, 6.07) is 0. The summed E-state index contributed by atoms with van der Waals surface area (Å²) in [6.45, 7) is 5.84. The predicted molar refractivity (Wildman–Crippen MR) is 69.1 cm³/mol. The van der Waals surface area contributed by atoms with Crippen LogP contribution in [0.25, 0.3) is 0 Å². The number of hydrogen-bond acceptors (Lipinski definition) is 2. The van der Waals surface area contributed by atoms with Gasteiger partial charge in [-0.25, -0.2) is 0 Å². The van der Waals surface area contributed by atoms with Gasteiger partial charge in [0.2, 0.25) is 0 Å². The van der Waals surface area contributed by atoms with E-state index in [4.69, 9.17) is 5.11 Å². The van der Waals surface area contributed by atoms with Crippen molar-refractivity contribution < 1.29 is 10.2 Å². The lowest BCUT2D eigenvalue weighted by molar-refractivity contribution is 0.205. The Morgan fingerprint density at radius 2 is 1.81 bits per heavy atom. The van der Waals surface area contributed by atoms with Crippen LogP contribution in [0.1, 0.15) is 19.8 Å². The molecule has 2 unspecified atom stereocenters. The normalized spacial score (nSPS) is 16.2. The van der Waals surface area contributed by atoms with E-state index in [0.29, 0.717) is 5.92 Å². The van der Waals surface area contributed by atoms with Gasteiger partial charge in [-0.05, 0) is 18.8 Å². The lowest BCUT2D eigenvalue weighted by atomic mass is 10.0. The molecule has 0 spiro atoms. The largest absolute Gasteiger partial charge is 0.392 e. The second kappa shape index (κ2) is 10.4. The van der Waals surface area contributed by atoms with Crippen LogP contribution in [-0.2, 0) is 0 Å². The standard InChI is InChI=1S/C14H22O2/c1-3-13(2)10-11-14(16)9-7-5-4-6-8-12-15/h3-9,13-16H,1,10-12H2,2H3/b5-4-,8-6+,9-7-. The van der Waals surface area contributed by atoms with Crippen molar-refractivity contribution in [1.29, 1.82) is 0 Å². The molecule has 90 valence electrons. The second-order valence-corrected chi connectivity index (χ2v) is 3.74. The SMILES string of the molecule is C=CC(C)CCC(O)\C=C/C=C\C=C\CO. The maximum atomic E-state index is 9.58. The predicted octanol–water partition coefficient (Wildman–Crippen LogP) is 2.61. The Bertz CT molecular complexity index is 251. The van der Waals surface area contributed by atoms with E-state index in [9.17, 15) is 5.11 Å². The monoisotopic (exact) mass is 222 g/mol. The van der Waals surface area contributed by atoms with Gasteiger partial charge < -0.3 is 10.2 Å². The first kappa shape index (κ1) is 14.9. The zero-order chi connectivity index (χ0) is 12.2. The molecular weight excluding hydrogens is 200 g/mol. The Morgan fingerprint density at radius 3 is 2.44 bits per heavy atom. The molecule has 2 N–H and O–H groups in total. The van der Waals surface area contributed by atoms with Crippen molar-refractivity contribution in [2.75, 3.05) is 6.61 Å². The molecule has 0 radical (unpaired) electrons. The average molecular weight is 222 g/mol. The van der Waals surface area contributed by atoms with Crippen LogP contribution in [0.15, 0.2) is 49.1 Å². The van der Waals surface area contributed by atoms with Gasteiger partial charge in [0.25, 0.3) is 0 Å². The first-order chi connectivity index (χ1) is 7.70. The minimum atomic E-state index is -0.395. The Morgan fingerprint density at radius 1 is 1.12 bits per heavy atom. The van der Waals surface area contributed by atoms with Crippen molar-refractivity contribution >= 4 is 0 Å². The van der Waals surface area contributed by atoms with Gasteiger partial charge in [0.05, 0.1) is 12.7 Å². The van der Waals surface area contributed by atoms with Crippen molar-refractivity contribution in [1.82, 2.24) is 0 Å². The van der Waals surface area contributed by atoms with Crippen molar-refractivity contribution in [3.8, 4) is 0 Å². The lowest BCUT2D eigenvalue weighted by Crippen LogP contribution is -2.03. The highest BCUT2D eigenvalue weighted by atomic mass is 16.3. The zero-order valence-electron chi connectivity index (χ0n) is 9.92. The molecule has 2 nitrogen and oxygen atoms in total. The van der Waals surface area contributed by atoms with Gasteiger partial charge >= 0.3 is 0 Å². The van der Waals surface area contributed by atoms with Gasteiger partial charge in [0, 0.05) is 0 Å². The maximum absolute atomic E-state index is 9.58. The van der Waals surface area contributed by atoms with Gasteiger partial charge in [-0.3, -0.25) is 0 Å². The Labute approximate surface area is 98.3 Å². The van der Waals surface area contributed by atoms with Crippen LogP contribution in [0, 0.1) is 5.92 Å². The van der Waals surface area contributed by atoms with E-state index in [1.807, 2.05) is 24.3 Å². The molecule has 16 heavy (non-hydrogen) atoms.